The van der Waals surface area contributed by atoms with Crippen LogP contribution in [0.15, 0.2) is 0 Å². The summed E-state index contributed by atoms with van der Waals surface area (Å²) in [7, 11) is 0. The third-order valence-corrected chi connectivity index (χ3v) is 9.17. The first-order chi connectivity index (χ1) is 24.6. The lowest BCUT2D eigenvalue weighted by molar-refractivity contribution is -0.144. The molecular weight excluding hydrogens is 658 g/mol. The van der Waals surface area contributed by atoms with Crippen LogP contribution in [0.25, 0.3) is 0 Å². The summed E-state index contributed by atoms with van der Waals surface area (Å²) in [4.78, 5) is 69.6. The van der Waals surface area contributed by atoms with Crippen molar-refractivity contribution in [3.63, 3.8) is 0 Å². The number of hydrogen-bond donors (Lipinski definition) is 4. The molecule has 2 unspecified atom stereocenters. The number of hydrogen-bond acceptors (Lipinski definition) is 8. The van der Waals surface area contributed by atoms with Gasteiger partial charge >= 0.3 is 17.9 Å². The Labute approximate surface area is 306 Å². The van der Waals surface area contributed by atoms with Gasteiger partial charge in [-0.3, -0.25) is 28.8 Å². The number of aliphatic carboxylic acids is 3. The minimum Gasteiger partial charge on any atom is -0.481 e. The van der Waals surface area contributed by atoms with Gasteiger partial charge in [-0.15, -0.1) is 0 Å². The summed E-state index contributed by atoms with van der Waals surface area (Å²) in [5, 5.41) is 30.3. The van der Waals surface area contributed by atoms with E-state index in [-0.39, 0.29) is 56.3 Å². The van der Waals surface area contributed by atoms with Crippen molar-refractivity contribution in [1.29, 1.82) is 0 Å². The van der Waals surface area contributed by atoms with Crippen LogP contribution in [0.1, 0.15) is 167 Å². The summed E-state index contributed by atoms with van der Waals surface area (Å²) >= 11 is 0. The second-order valence-corrected chi connectivity index (χ2v) is 13.7. The van der Waals surface area contributed by atoms with Gasteiger partial charge in [0.1, 0.15) is 11.6 Å². The molecule has 0 aliphatic carbocycles. The fraction of sp³-hybridized carbons (Fsp3) is 0.846. The first-order valence-corrected chi connectivity index (χ1v) is 19.7. The summed E-state index contributed by atoms with van der Waals surface area (Å²) in [6, 6.07) is 0. The van der Waals surface area contributed by atoms with Crippen LogP contribution in [0, 0.1) is 11.8 Å². The second kappa shape index (κ2) is 34.2. The summed E-state index contributed by atoms with van der Waals surface area (Å²) in [6.07, 6.45) is 18.7. The Hall–Kier alpha value is -2.86. The number of carbonyl (C=O) groups excluding carboxylic acids is 3. The zero-order valence-electron chi connectivity index (χ0n) is 31.5. The van der Waals surface area contributed by atoms with Gasteiger partial charge in [-0.05, 0) is 44.9 Å². The molecule has 0 spiro atoms. The Kier molecular flexibility index (Phi) is 32.3. The molecule has 0 aromatic heterocycles. The van der Waals surface area contributed by atoms with Gasteiger partial charge in [0.05, 0.1) is 31.7 Å². The highest BCUT2D eigenvalue weighted by molar-refractivity contribution is 5.84. The standard InChI is InChI=1S/C39H69NO11/c1-2-34(41)21-16-13-14-19-32(38(46)47)20-18-27-50-29-30-51-28-26-40-36(43)25-24-33(39(48)49)31-35(42)22-15-11-9-7-5-3-4-6-8-10-12-17-23-37(44)45/h32-33H,2-31H2,1H3,(H,40,43)(H,44,45)(H,46,47)(H,48,49). The molecule has 0 heterocycles. The van der Waals surface area contributed by atoms with E-state index in [1.165, 1.54) is 25.7 Å². The molecule has 0 radical (unpaired) electrons. The van der Waals surface area contributed by atoms with Crippen molar-refractivity contribution < 1.29 is 53.6 Å². The number of unbranched alkanes of at least 4 members (excludes halogenated alkanes) is 13. The number of ether oxygens (including phenoxy) is 2. The van der Waals surface area contributed by atoms with E-state index in [1.54, 1.807) is 0 Å². The van der Waals surface area contributed by atoms with E-state index >= 15 is 0 Å². The van der Waals surface area contributed by atoms with E-state index in [2.05, 4.69) is 5.32 Å². The van der Waals surface area contributed by atoms with Gasteiger partial charge in [0.25, 0.3) is 0 Å². The van der Waals surface area contributed by atoms with Gasteiger partial charge in [0.2, 0.25) is 5.91 Å². The Morgan fingerprint density at radius 1 is 0.490 bits per heavy atom. The van der Waals surface area contributed by atoms with E-state index in [0.717, 1.165) is 70.6 Å². The minimum atomic E-state index is -1.06. The number of carbonyl (C=O) groups is 6. The number of nitrogens with one attached hydrogen (secondary N) is 1. The topological polar surface area (TPSA) is 194 Å². The SMILES string of the molecule is CCC(=O)CCCCCC(CCCOCCOCCNC(=O)CCC(CC(=O)CCCCCCCCCCCCCCC(=O)O)C(=O)O)C(=O)O. The highest BCUT2D eigenvalue weighted by Gasteiger charge is 2.22. The molecule has 12 nitrogen and oxygen atoms in total. The number of carboxylic acid groups (broad SMARTS) is 3. The molecule has 51 heavy (non-hydrogen) atoms. The molecule has 0 aromatic carbocycles. The van der Waals surface area contributed by atoms with Crippen LogP contribution in [-0.4, -0.2) is 83.7 Å². The Morgan fingerprint density at radius 3 is 1.49 bits per heavy atom. The molecule has 296 valence electrons. The number of Topliss-reactive ketones (excluding diaryl/α,β-unsaturated/α-hetero) is 2. The van der Waals surface area contributed by atoms with E-state index in [9.17, 15) is 39.0 Å². The summed E-state index contributed by atoms with van der Waals surface area (Å²) in [6.45, 7) is 3.52. The van der Waals surface area contributed by atoms with Crippen molar-refractivity contribution in [3.05, 3.63) is 0 Å². The molecule has 0 rings (SSSR count). The first kappa shape index (κ1) is 48.1. The number of amides is 1. The van der Waals surface area contributed by atoms with Gasteiger partial charge in [-0.2, -0.15) is 0 Å². The average Bonchev–Trinajstić information content (AvgIpc) is 3.09. The molecule has 0 aromatic rings. The maximum absolute atomic E-state index is 12.4. The third-order valence-electron chi connectivity index (χ3n) is 9.17. The Bertz CT molecular complexity index is 955. The van der Waals surface area contributed by atoms with E-state index < -0.39 is 29.7 Å². The van der Waals surface area contributed by atoms with Crippen LogP contribution in [0.3, 0.4) is 0 Å². The highest BCUT2D eigenvalue weighted by Crippen LogP contribution is 2.18. The summed E-state index contributed by atoms with van der Waals surface area (Å²) < 4.78 is 11.0. The fourth-order valence-electron chi connectivity index (χ4n) is 5.92. The Morgan fingerprint density at radius 2 is 0.961 bits per heavy atom. The van der Waals surface area contributed by atoms with Crippen molar-refractivity contribution in [2.45, 2.75) is 167 Å². The maximum atomic E-state index is 12.4. The fourth-order valence-corrected chi connectivity index (χ4v) is 5.92. The predicted molar refractivity (Wildman–Crippen MR) is 196 cm³/mol. The van der Waals surface area contributed by atoms with Crippen LogP contribution in [0.5, 0.6) is 0 Å². The summed E-state index contributed by atoms with van der Waals surface area (Å²) in [5.74, 6) is -3.97. The van der Waals surface area contributed by atoms with Gasteiger partial charge < -0.3 is 30.1 Å². The van der Waals surface area contributed by atoms with Gasteiger partial charge in [-0.1, -0.05) is 84.0 Å². The van der Waals surface area contributed by atoms with E-state index in [0.29, 0.717) is 58.3 Å². The van der Waals surface area contributed by atoms with Crippen molar-refractivity contribution in [3.8, 4) is 0 Å². The molecule has 0 saturated carbocycles. The average molecular weight is 728 g/mol. The first-order valence-electron chi connectivity index (χ1n) is 19.7. The highest BCUT2D eigenvalue weighted by atomic mass is 16.5. The molecule has 0 fully saturated rings. The van der Waals surface area contributed by atoms with Crippen LogP contribution in [-0.2, 0) is 38.2 Å². The summed E-state index contributed by atoms with van der Waals surface area (Å²) in [5.41, 5.74) is 0. The van der Waals surface area contributed by atoms with Gasteiger partial charge in [0, 0.05) is 51.7 Å². The van der Waals surface area contributed by atoms with Crippen LogP contribution >= 0.6 is 0 Å². The van der Waals surface area contributed by atoms with Gasteiger partial charge in [0.15, 0.2) is 0 Å². The monoisotopic (exact) mass is 727 g/mol. The molecule has 0 aliphatic rings. The zero-order chi connectivity index (χ0) is 38.0. The molecule has 2 atom stereocenters. The number of carboxylic acids is 3. The second-order valence-electron chi connectivity index (χ2n) is 13.7. The normalized spacial score (nSPS) is 12.3. The molecule has 0 aliphatic heterocycles. The van der Waals surface area contributed by atoms with Crippen LogP contribution < -0.4 is 5.32 Å². The lowest BCUT2D eigenvalue weighted by Crippen LogP contribution is -2.29. The molecule has 4 N–H and O–H groups in total. The quantitative estimate of drug-likeness (QED) is 0.0457. The van der Waals surface area contributed by atoms with E-state index in [1.807, 2.05) is 6.92 Å². The van der Waals surface area contributed by atoms with Crippen molar-refractivity contribution in [2.24, 2.45) is 11.8 Å². The molecule has 1 amide bonds. The van der Waals surface area contributed by atoms with Crippen molar-refractivity contribution >= 4 is 35.4 Å². The molecular formula is C39H69NO11. The smallest absolute Gasteiger partial charge is 0.306 e. The van der Waals surface area contributed by atoms with Crippen molar-refractivity contribution in [2.75, 3.05) is 33.0 Å². The maximum Gasteiger partial charge on any atom is 0.306 e. The third kappa shape index (κ3) is 32.8. The number of ketones is 2. The lowest BCUT2D eigenvalue weighted by atomic mass is 9.94. The molecule has 12 heteroatoms. The van der Waals surface area contributed by atoms with Crippen LogP contribution in [0.4, 0.5) is 0 Å². The van der Waals surface area contributed by atoms with Crippen LogP contribution in [0.2, 0.25) is 0 Å². The predicted octanol–water partition coefficient (Wildman–Crippen LogP) is 7.53. The van der Waals surface area contributed by atoms with Crippen molar-refractivity contribution in [1.82, 2.24) is 5.32 Å². The van der Waals surface area contributed by atoms with E-state index in [4.69, 9.17) is 14.6 Å². The largest absolute Gasteiger partial charge is 0.481 e. The molecule has 0 bridgehead atoms. The Balaban J connectivity index is 3.78. The lowest BCUT2D eigenvalue weighted by Gasteiger charge is -2.13. The molecule has 0 saturated heterocycles. The minimum absolute atomic E-state index is 0.0218. The zero-order valence-corrected chi connectivity index (χ0v) is 31.5. The number of rotatable bonds is 39. The van der Waals surface area contributed by atoms with Gasteiger partial charge in [-0.25, -0.2) is 0 Å².